The Hall–Kier alpha value is -0.260. The summed E-state index contributed by atoms with van der Waals surface area (Å²) in [6, 6.07) is 0. The second kappa shape index (κ2) is 12.2. The first-order valence-electron chi connectivity index (χ1n) is 7.70. The highest BCUT2D eigenvalue weighted by molar-refractivity contribution is 4.94. The van der Waals surface area contributed by atoms with E-state index in [1.54, 1.807) is 0 Å². The van der Waals surface area contributed by atoms with Gasteiger partial charge < -0.3 is 0 Å². The van der Waals surface area contributed by atoms with Crippen molar-refractivity contribution in [3.8, 4) is 0 Å². The van der Waals surface area contributed by atoms with Crippen molar-refractivity contribution in [3.63, 3.8) is 0 Å². The molecule has 1 fully saturated rings. The lowest BCUT2D eigenvalue weighted by Gasteiger charge is -2.32. The summed E-state index contributed by atoms with van der Waals surface area (Å²) >= 11 is 0. The fourth-order valence-electron chi connectivity index (χ4n) is 2.46. The maximum atomic E-state index is 3.90. The smallest absolute Gasteiger partial charge is 0.0208 e. The van der Waals surface area contributed by atoms with Gasteiger partial charge in [-0.05, 0) is 30.6 Å². The van der Waals surface area contributed by atoms with Gasteiger partial charge in [-0.15, -0.1) is 6.58 Å². The second-order valence-corrected chi connectivity index (χ2v) is 5.36. The Balaban J connectivity index is 0. The van der Waals surface area contributed by atoms with E-state index in [0.717, 1.165) is 5.92 Å². The largest absolute Gasteiger partial charge is 0.103 e. The lowest BCUT2D eigenvalue weighted by Crippen LogP contribution is -2.22. The van der Waals surface area contributed by atoms with Crippen LogP contribution in [-0.2, 0) is 0 Å². The average molecular weight is 240 g/mol. The van der Waals surface area contributed by atoms with E-state index in [2.05, 4.69) is 54.2 Å². The van der Waals surface area contributed by atoms with Crippen molar-refractivity contribution in [2.45, 2.75) is 86.5 Å². The minimum absolute atomic E-state index is 0.627. The summed E-state index contributed by atoms with van der Waals surface area (Å²) in [5.41, 5.74) is 0.627. The molecule has 0 radical (unpaired) electrons. The molecule has 1 saturated carbocycles. The van der Waals surface area contributed by atoms with Crippen molar-refractivity contribution >= 4 is 0 Å². The van der Waals surface area contributed by atoms with Gasteiger partial charge in [-0.25, -0.2) is 0 Å². The van der Waals surface area contributed by atoms with Crippen LogP contribution in [0.25, 0.3) is 0 Å². The Morgan fingerprint density at radius 3 is 1.59 bits per heavy atom. The van der Waals surface area contributed by atoms with Crippen LogP contribution in [0.4, 0.5) is 0 Å². The van der Waals surface area contributed by atoms with Gasteiger partial charge in [-0.1, -0.05) is 73.3 Å². The molecule has 0 N–H and O–H groups in total. The molecule has 1 unspecified atom stereocenters. The first-order valence-corrected chi connectivity index (χ1v) is 7.70. The lowest BCUT2D eigenvalue weighted by atomic mass is 9.73. The van der Waals surface area contributed by atoms with Crippen molar-refractivity contribution < 1.29 is 0 Å². The molecule has 0 heteroatoms. The molecule has 1 aliphatic rings. The van der Waals surface area contributed by atoms with E-state index in [9.17, 15) is 0 Å². The third kappa shape index (κ3) is 7.63. The number of rotatable bonds is 3. The summed E-state index contributed by atoms with van der Waals surface area (Å²) in [5, 5.41) is 0. The number of hydrogen-bond donors (Lipinski definition) is 0. The Kier molecular flexibility index (Phi) is 13.7. The monoisotopic (exact) mass is 240 g/mol. The molecule has 17 heavy (non-hydrogen) atoms. The Morgan fingerprint density at radius 1 is 1.00 bits per heavy atom. The summed E-state index contributed by atoms with van der Waals surface area (Å²) in [4.78, 5) is 0. The van der Waals surface area contributed by atoms with Crippen LogP contribution in [0.15, 0.2) is 12.7 Å². The molecule has 0 heterocycles. The predicted octanol–water partition coefficient (Wildman–Crippen LogP) is 6.61. The molecule has 0 aromatic carbocycles. The molecule has 0 aliphatic heterocycles. The van der Waals surface area contributed by atoms with E-state index in [4.69, 9.17) is 0 Å². The zero-order valence-electron chi connectivity index (χ0n) is 13.3. The van der Waals surface area contributed by atoms with Crippen molar-refractivity contribution in [2.75, 3.05) is 0 Å². The third-order valence-corrected chi connectivity index (χ3v) is 3.62. The van der Waals surface area contributed by atoms with Crippen molar-refractivity contribution in [2.24, 2.45) is 11.3 Å². The van der Waals surface area contributed by atoms with E-state index < -0.39 is 0 Å². The molecule has 104 valence electrons. The van der Waals surface area contributed by atoms with Crippen LogP contribution < -0.4 is 0 Å². The van der Waals surface area contributed by atoms with Crippen LogP contribution >= 0.6 is 0 Å². The highest BCUT2D eigenvalue weighted by Crippen LogP contribution is 2.47. The molecule has 0 amide bonds. The van der Waals surface area contributed by atoms with Gasteiger partial charge in [0.15, 0.2) is 0 Å². The summed E-state index contributed by atoms with van der Waals surface area (Å²) < 4.78 is 0. The van der Waals surface area contributed by atoms with E-state index in [1.807, 2.05) is 0 Å². The zero-order chi connectivity index (χ0) is 13.7. The third-order valence-electron chi connectivity index (χ3n) is 3.62. The van der Waals surface area contributed by atoms with Crippen molar-refractivity contribution in [1.82, 2.24) is 0 Å². The van der Waals surface area contributed by atoms with E-state index in [-0.39, 0.29) is 0 Å². The standard InChI is InChI=1S/C11H20.2C3H8/c1-4-10(3)11(5-2)8-6-7-9-11;2*1-3-2/h4,10H,1,5-9H2,2-3H3;2*3H2,1-2H3. The molecule has 0 aromatic heterocycles. The van der Waals surface area contributed by atoms with Crippen LogP contribution in [0, 0.1) is 11.3 Å². The molecule has 1 rings (SSSR count). The van der Waals surface area contributed by atoms with Crippen LogP contribution in [0.2, 0.25) is 0 Å². The van der Waals surface area contributed by atoms with Gasteiger partial charge in [0.1, 0.15) is 0 Å². The molecule has 1 aliphatic carbocycles. The van der Waals surface area contributed by atoms with Gasteiger partial charge in [-0.2, -0.15) is 0 Å². The summed E-state index contributed by atoms with van der Waals surface area (Å²) in [6.45, 7) is 17.0. The Bertz CT molecular complexity index is 149. The van der Waals surface area contributed by atoms with E-state index in [1.165, 1.54) is 44.9 Å². The summed E-state index contributed by atoms with van der Waals surface area (Å²) in [7, 11) is 0. The topological polar surface area (TPSA) is 0 Å². The minimum Gasteiger partial charge on any atom is -0.103 e. The van der Waals surface area contributed by atoms with Crippen LogP contribution in [0.1, 0.15) is 86.5 Å². The normalized spacial score (nSPS) is 18.2. The average Bonchev–Trinajstić information content (AvgIpc) is 2.80. The highest BCUT2D eigenvalue weighted by Gasteiger charge is 2.35. The SMILES string of the molecule is C=CC(C)C1(CC)CCCC1.CCC.CCC. The van der Waals surface area contributed by atoms with Gasteiger partial charge in [-0.3, -0.25) is 0 Å². The minimum atomic E-state index is 0.627. The molecule has 1 atom stereocenters. The van der Waals surface area contributed by atoms with Crippen molar-refractivity contribution in [1.29, 1.82) is 0 Å². The van der Waals surface area contributed by atoms with Gasteiger partial charge in [0, 0.05) is 0 Å². The highest BCUT2D eigenvalue weighted by atomic mass is 14.4. The van der Waals surface area contributed by atoms with Crippen molar-refractivity contribution in [3.05, 3.63) is 12.7 Å². The zero-order valence-corrected chi connectivity index (χ0v) is 13.3. The maximum absolute atomic E-state index is 3.90. The lowest BCUT2D eigenvalue weighted by molar-refractivity contribution is 0.211. The van der Waals surface area contributed by atoms with Crippen LogP contribution in [-0.4, -0.2) is 0 Å². The maximum Gasteiger partial charge on any atom is -0.0208 e. The molecule has 0 saturated heterocycles. The molecular formula is C17H36. The Morgan fingerprint density at radius 2 is 1.35 bits per heavy atom. The quantitative estimate of drug-likeness (QED) is 0.487. The van der Waals surface area contributed by atoms with E-state index in [0.29, 0.717) is 5.41 Å². The fraction of sp³-hybridized carbons (Fsp3) is 0.882. The number of hydrogen-bond acceptors (Lipinski definition) is 0. The Labute approximate surface area is 111 Å². The molecule has 0 aromatic rings. The van der Waals surface area contributed by atoms with Crippen LogP contribution in [0.5, 0.6) is 0 Å². The fourth-order valence-corrected chi connectivity index (χ4v) is 2.46. The summed E-state index contributed by atoms with van der Waals surface area (Å²) in [5.74, 6) is 0.718. The molecule has 0 spiro atoms. The van der Waals surface area contributed by atoms with E-state index >= 15 is 0 Å². The molecular weight excluding hydrogens is 204 g/mol. The second-order valence-electron chi connectivity index (χ2n) is 5.36. The molecule has 0 bridgehead atoms. The van der Waals surface area contributed by atoms with Gasteiger partial charge in [0.2, 0.25) is 0 Å². The van der Waals surface area contributed by atoms with Gasteiger partial charge in [0.05, 0.1) is 0 Å². The number of allylic oxidation sites excluding steroid dienone is 1. The van der Waals surface area contributed by atoms with Gasteiger partial charge >= 0.3 is 0 Å². The first kappa shape index (κ1) is 19.1. The summed E-state index contributed by atoms with van der Waals surface area (Å²) in [6.07, 6.45) is 11.7. The van der Waals surface area contributed by atoms with Crippen LogP contribution in [0.3, 0.4) is 0 Å². The molecule has 0 nitrogen and oxygen atoms in total. The predicted molar refractivity (Wildman–Crippen MR) is 82.5 cm³/mol. The van der Waals surface area contributed by atoms with Gasteiger partial charge in [0.25, 0.3) is 0 Å². The first-order chi connectivity index (χ1) is 8.08.